The third-order valence-electron chi connectivity index (χ3n) is 9.84. The molecule has 0 spiro atoms. The van der Waals surface area contributed by atoms with Gasteiger partial charge in [0, 0.05) is 22.2 Å². The fourth-order valence-electron chi connectivity index (χ4n) is 7.20. The standard InChI is InChI=1S/C46H43Cl2N3O2/c1-45(2)34-22-13-12-20-32(34)33(30-43(52)49-39-26-17-15-24-37(39)47)35(45)21-10-8-6-5-7-9-11-29-42-46(3,4)36-23-14-19-28-41(36)51(42)31-44(53)50-40-27-18-16-25-38(40)48/h5-29H,30-31H2,1-4H3,(H,49,52)(H,50,53). The average Bonchev–Trinajstić information content (AvgIpc) is 3.47. The molecule has 0 unspecified atom stereocenters. The molecule has 2 amide bonds. The quantitative estimate of drug-likeness (QED) is 0.151. The zero-order chi connectivity index (χ0) is 37.6. The van der Waals surface area contributed by atoms with E-state index in [1.54, 1.807) is 24.3 Å². The molecule has 0 saturated heterocycles. The Bertz CT molecular complexity index is 2220. The molecule has 7 heteroatoms. The summed E-state index contributed by atoms with van der Waals surface area (Å²) in [5.41, 5.74) is 8.29. The largest absolute Gasteiger partial charge is 0.335 e. The molecule has 2 aliphatic rings. The summed E-state index contributed by atoms with van der Waals surface area (Å²) in [6.45, 7) is 8.91. The highest BCUT2D eigenvalue weighted by Crippen LogP contribution is 2.49. The molecule has 0 saturated carbocycles. The van der Waals surface area contributed by atoms with Crippen LogP contribution in [0, 0.1) is 0 Å². The predicted molar refractivity (Wildman–Crippen MR) is 223 cm³/mol. The van der Waals surface area contributed by atoms with Crippen molar-refractivity contribution in [3.8, 4) is 0 Å². The van der Waals surface area contributed by atoms with E-state index in [1.165, 1.54) is 11.1 Å². The summed E-state index contributed by atoms with van der Waals surface area (Å²) in [5.74, 6) is -0.258. The summed E-state index contributed by atoms with van der Waals surface area (Å²) in [6, 6.07) is 31.0. The van der Waals surface area contributed by atoms with Crippen LogP contribution in [0.1, 0.15) is 50.8 Å². The van der Waals surface area contributed by atoms with E-state index in [1.807, 2.05) is 91.1 Å². The number of fused-ring (bicyclic) bond motifs is 2. The number of nitrogens with zero attached hydrogens (tertiary/aromatic N) is 1. The maximum absolute atomic E-state index is 13.2. The van der Waals surface area contributed by atoms with Gasteiger partial charge in [-0.1, -0.05) is 166 Å². The molecule has 53 heavy (non-hydrogen) atoms. The van der Waals surface area contributed by atoms with Crippen LogP contribution in [0.15, 0.2) is 163 Å². The predicted octanol–water partition coefficient (Wildman–Crippen LogP) is 11.6. The summed E-state index contributed by atoms with van der Waals surface area (Å²) >= 11 is 12.6. The minimum atomic E-state index is -0.295. The van der Waals surface area contributed by atoms with Crippen LogP contribution >= 0.6 is 23.2 Å². The highest BCUT2D eigenvalue weighted by Gasteiger charge is 2.40. The number of amides is 2. The summed E-state index contributed by atoms with van der Waals surface area (Å²) in [4.78, 5) is 28.5. The Morgan fingerprint density at radius 2 is 1.15 bits per heavy atom. The van der Waals surface area contributed by atoms with Crippen LogP contribution in [-0.4, -0.2) is 18.4 Å². The second-order valence-corrected chi connectivity index (χ2v) is 14.9. The lowest BCUT2D eigenvalue weighted by Crippen LogP contribution is -2.33. The number of allylic oxidation sites excluding steroid dienone is 11. The Labute approximate surface area is 322 Å². The number of hydrogen-bond acceptors (Lipinski definition) is 3. The molecule has 0 aromatic heterocycles. The Morgan fingerprint density at radius 3 is 1.81 bits per heavy atom. The smallest absolute Gasteiger partial charge is 0.244 e. The monoisotopic (exact) mass is 739 g/mol. The number of benzene rings is 4. The van der Waals surface area contributed by atoms with Crippen molar-refractivity contribution in [1.82, 2.24) is 0 Å². The van der Waals surface area contributed by atoms with Crippen molar-refractivity contribution in [1.29, 1.82) is 0 Å². The van der Waals surface area contributed by atoms with Crippen LogP contribution in [0.5, 0.6) is 0 Å². The number of rotatable bonds is 11. The van der Waals surface area contributed by atoms with Gasteiger partial charge in [0.15, 0.2) is 0 Å². The third kappa shape index (κ3) is 8.17. The lowest BCUT2D eigenvalue weighted by molar-refractivity contribution is -0.115. The van der Waals surface area contributed by atoms with Crippen LogP contribution in [0.3, 0.4) is 0 Å². The van der Waals surface area contributed by atoms with Gasteiger partial charge in [0.05, 0.1) is 27.8 Å². The zero-order valence-electron chi connectivity index (χ0n) is 30.4. The lowest BCUT2D eigenvalue weighted by atomic mass is 9.81. The Hall–Kier alpha value is -5.36. The van der Waals surface area contributed by atoms with Crippen LogP contribution in [-0.2, 0) is 20.4 Å². The second-order valence-electron chi connectivity index (χ2n) is 14.1. The number of carbonyl (C=O) groups is 2. The molecular weight excluding hydrogens is 697 g/mol. The molecule has 0 bridgehead atoms. The molecule has 1 heterocycles. The van der Waals surface area contributed by atoms with Gasteiger partial charge in [-0.2, -0.15) is 0 Å². The van der Waals surface area contributed by atoms with Crippen LogP contribution in [0.2, 0.25) is 10.0 Å². The van der Waals surface area contributed by atoms with Gasteiger partial charge in [0.2, 0.25) is 11.8 Å². The summed E-state index contributed by atoms with van der Waals surface area (Å²) in [7, 11) is 0. The molecule has 2 N–H and O–H groups in total. The Balaban J connectivity index is 1.14. The fourth-order valence-corrected chi connectivity index (χ4v) is 7.57. The number of halogens is 2. The number of anilines is 3. The first kappa shape index (κ1) is 37.4. The first-order valence-corrected chi connectivity index (χ1v) is 18.4. The van der Waals surface area contributed by atoms with Crippen molar-refractivity contribution in [3.05, 3.63) is 190 Å². The van der Waals surface area contributed by atoms with E-state index in [0.717, 1.165) is 28.1 Å². The van der Waals surface area contributed by atoms with Crippen LogP contribution < -0.4 is 15.5 Å². The molecule has 0 atom stereocenters. The van der Waals surface area contributed by atoms with Gasteiger partial charge >= 0.3 is 0 Å². The zero-order valence-corrected chi connectivity index (χ0v) is 31.9. The van der Waals surface area contributed by atoms with E-state index < -0.39 is 0 Å². The van der Waals surface area contributed by atoms with Crippen molar-refractivity contribution in [2.24, 2.45) is 0 Å². The molecule has 0 radical (unpaired) electrons. The first-order valence-electron chi connectivity index (χ1n) is 17.7. The van der Waals surface area contributed by atoms with Gasteiger partial charge in [0.1, 0.15) is 6.54 Å². The molecule has 1 aliphatic heterocycles. The van der Waals surface area contributed by atoms with E-state index in [0.29, 0.717) is 21.4 Å². The van der Waals surface area contributed by atoms with E-state index >= 15 is 0 Å². The van der Waals surface area contributed by atoms with Crippen molar-refractivity contribution in [2.75, 3.05) is 22.1 Å². The summed E-state index contributed by atoms with van der Waals surface area (Å²) in [6.07, 6.45) is 18.4. The van der Waals surface area contributed by atoms with Crippen molar-refractivity contribution in [2.45, 2.75) is 44.9 Å². The van der Waals surface area contributed by atoms with Crippen molar-refractivity contribution in [3.63, 3.8) is 0 Å². The average molecular weight is 741 g/mol. The fraction of sp³-hybridized carbons (Fsp3) is 0.174. The number of para-hydroxylation sites is 3. The van der Waals surface area contributed by atoms with E-state index in [-0.39, 0.29) is 35.6 Å². The maximum atomic E-state index is 13.2. The van der Waals surface area contributed by atoms with Crippen molar-refractivity contribution >= 4 is 57.7 Å². The lowest BCUT2D eigenvalue weighted by Gasteiger charge is -2.26. The molecular formula is C46H43Cl2N3O2. The van der Waals surface area contributed by atoms with Gasteiger partial charge in [-0.25, -0.2) is 0 Å². The number of hydrogen-bond donors (Lipinski definition) is 2. The van der Waals surface area contributed by atoms with Crippen LogP contribution in [0.25, 0.3) is 5.57 Å². The summed E-state index contributed by atoms with van der Waals surface area (Å²) < 4.78 is 0. The Kier molecular flexibility index (Phi) is 11.4. The second kappa shape index (κ2) is 16.1. The molecule has 0 fully saturated rings. The van der Waals surface area contributed by atoms with Gasteiger partial charge in [-0.3, -0.25) is 9.59 Å². The topological polar surface area (TPSA) is 61.4 Å². The van der Waals surface area contributed by atoms with Gasteiger partial charge in [-0.05, 0) is 64.2 Å². The molecule has 6 rings (SSSR count). The highest BCUT2D eigenvalue weighted by atomic mass is 35.5. The summed E-state index contributed by atoms with van der Waals surface area (Å²) in [5, 5.41) is 6.95. The van der Waals surface area contributed by atoms with Gasteiger partial charge in [0.25, 0.3) is 0 Å². The van der Waals surface area contributed by atoms with E-state index in [2.05, 4.69) is 79.6 Å². The minimum absolute atomic E-state index is 0.111. The van der Waals surface area contributed by atoms with E-state index in [9.17, 15) is 9.59 Å². The van der Waals surface area contributed by atoms with Crippen LogP contribution in [0.4, 0.5) is 17.1 Å². The minimum Gasteiger partial charge on any atom is -0.335 e. The molecule has 1 aliphatic carbocycles. The number of carbonyl (C=O) groups excluding carboxylic acids is 2. The maximum Gasteiger partial charge on any atom is 0.244 e. The van der Waals surface area contributed by atoms with Gasteiger partial charge in [-0.15, -0.1) is 0 Å². The van der Waals surface area contributed by atoms with E-state index in [4.69, 9.17) is 23.2 Å². The highest BCUT2D eigenvalue weighted by molar-refractivity contribution is 6.34. The molecule has 268 valence electrons. The molecule has 4 aromatic rings. The molecule has 4 aromatic carbocycles. The third-order valence-corrected chi connectivity index (χ3v) is 10.5. The first-order chi connectivity index (χ1) is 25.5. The van der Waals surface area contributed by atoms with Crippen molar-refractivity contribution < 1.29 is 9.59 Å². The Morgan fingerprint density at radius 1 is 0.623 bits per heavy atom. The van der Waals surface area contributed by atoms with Gasteiger partial charge < -0.3 is 15.5 Å². The number of nitrogens with one attached hydrogen (secondary N) is 2. The molecule has 5 nitrogen and oxygen atoms in total. The SMILES string of the molecule is CC1(C)C(C=CC=CC=CC=CC=C2N(CC(=O)Nc3ccccc3Cl)c3ccccc3C2(C)C)=C(CC(=O)Nc2ccccc2Cl)c2ccccc21. The normalized spacial score (nSPS) is 16.7.